The third-order valence-corrected chi connectivity index (χ3v) is 6.60. The molecular formula is C16H23NO3S. The van der Waals surface area contributed by atoms with E-state index in [9.17, 15) is 8.42 Å². The third kappa shape index (κ3) is 3.65. The van der Waals surface area contributed by atoms with Crippen LogP contribution in [0.3, 0.4) is 0 Å². The molecule has 0 atom stereocenters. The Morgan fingerprint density at radius 3 is 2.19 bits per heavy atom. The van der Waals surface area contributed by atoms with Crippen LogP contribution in [0, 0.1) is 5.92 Å². The van der Waals surface area contributed by atoms with E-state index in [1.807, 2.05) is 12.1 Å². The van der Waals surface area contributed by atoms with Gasteiger partial charge in [0.15, 0.2) is 0 Å². The minimum Gasteiger partial charge on any atom is -0.381 e. The maximum atomic E-state index is 12.6. The van der Waals surface area contributed by atoms with Crippen molar-refractivity contribution in [2.75, 3.05) is 32.1 Å². The Labute approximate surface area is 127 Å². The molecule has 0 aliphatic carbocycles. The number of nitrogens with zero attached hydrogens (tertiary/aromatic N) is 1. The van der Waals surface area contributed by atoms with Gasteiger partial charge in [-0.1, -0.05) is 24.3 Å². The van der Waals surface area contributed by atoms with Crippen LogP contribution in [0.15, 0.2) is 24.3 Å². The SMILES string of the molecule is O=S(=O)(CC1CCOCC1)N1CCc2ccccc2CC1. The molecule has 21 heavy (non-hydrogen) atoms. The summed E-state index contributed by atoms with van der Waals surface area (Å²) in [6.07, 6.45) is 3.38. The summed E-state index contributed by atoms with van der Waals surface area (Å²) in [5.74, 6) is 0.543. The second-order valence-electron chi connectivity index (χ2n) is 6.00. The highest BCUT2D eigenvalue weighted by Gasteiger charge is 2.28. The third-order valence-electron chi connectivity index (χ3n) is 4.56. The molecule has 1 saturated heterocycles. The first-order chi connectivity index (χ1) is 10.1. The Balaban J connectivity index is 1.66. The molecule has 0 spiro atoms. The largest absolute Gasteiger partial charge is 0.381 e. The van der Waals surface area contributed by atoms with Gasteiger partial charge in [-0.05, 0) is 42.7 Å². The molecule has 0 unspecified atom stereocenters. The van der Waals surface area contributed by atoms with E-state index >= 15 is 0 Å². The smallest absolute Gasteiger partial charge is 0.214 e. The molecule has 0 radical (unpaired) electrons. The molecule has 2 aliphatic heterocycles. The van der Waals surface area contributed by atoms with Gasteiger partial charge in [0, 0.05) is 26.3 Å². The number of ether oxygens (including phenoxy) is 1. The Morgan fingerprint density at radius 1 is 1.05 bits per heavy atom. The topological polar surface area (TPSA) is 46.6 Å². The van der Waals surface area contributed by atoms with Crippen molar-refractivity contribution >= 4 is 10.0 Å². The van der Waals surface area contributed by atoms with Gasteiger partial charge in [0.2, 0.25) is 10.0 Å². The van der Waals surface area contributed by atoms with Gasteiger partial charge in [0.05, 0.1) is 5.75 Å². The first-order valence-electron chi connectivity index (χ1n) is 7.77. The van der Waals surface area contributed by atoms with Gasteiger partial charge < -0.3 is 4.74 Å². The molecule has 0 bridgehead atoms. The Bertz CT molecular complexity index is 552. The van der Waals surface area contributed by atoms with E-state index in [1.54, 1.807) is 4.31 Å². The normalized spacial score (nSPS) is 21.7. The standard InChI is InChI=1S/C16H23NO3S/c18-21(19,13-14-7-11-20-12-8-14)17-9-5-15-3-1-2-4-16(15)6-10-17/h1-4,14H,5-13H2. The lowest BCUT2D eigenvalue weighted by atomic mass is 10.0. The lowest BCUT2D eigenvalue weighted by Gasteiger charge is -2.26. The van der Waals surface area contributed by atoms with Crippen LogP contribution in [-0.4, -0.2) is 44.8 Å². The molecule has 1 aromatic carbocycles. The van der Waals surface area contributed by atoms with Gasteiger partial charge in [-0.3, -0.25) is 0 Å². The summed E-state index contributed by atoms with van der Waals surface area (Å²) in [6, 6.07) is 8.30. The average Bonchev–Trinajstić information content (AvgIpc) is 2.71. The average molecular weight is 309 g/mol. The molecule has 0 N–H and O–H groups in total. The highest BCUT2D eigenvalue weighted by molar-refractivity contribution is 7.89. The Hall–Kier alpha value is -0.910. The lowest BCUT2D eigenvalue weighted by molar-refractivity contribution is 0.0720. The summed E-state index contributed by atoms with van der Waals surface area (Å²) in [5, 5.41) is 0. The number of sulfonamides is 1. The number of hydrogen-bond donors (Lipinski definition) is 0. The van der Waals surface area contributed by atoms with Crippen LogP contribution in [0.1, 0.15) is 24.0 Å². The lowest BCUT2D eigenvalue weighted by Crippen LogP contribution is -2.38. The van der Waals surface area contributed by atoms with Crippen LogP contribution < -0.4 is 0 Å². The van der Waals surface area contributed by atoms with E-state index in [4.69, 9.17) is 4.74 Å². The maximum absolute atomic E-state index is 12.6. The molecule has 1 aromatic rings. The van der Waals surface area contributed by atoms with E-state index in [0.717, 1.165) is 25.7 Å². The monoisotopic (exact) mass is 309 g/mol. The van der Waals surface area contributed by atoms with Crippen molar-refractivity contribution in [2.24, 2.45) is 5.92 Å². The van der Waals surface area contributed by atoms with Gasteiger partial charge >= 0.3 is 0 Å². The van der Waals surface area contributed by atoms with Gasteiger partial charge in [-0.15, -0.1) is 0 Å². The zero-order valence-electron chi connectivity index (χ0n) is 12.3. The molecule has 4 nitrogen and oxygen atoms in total. The fraction of sp³-hybridized carbons (Fsp3) is 0.625. The zero-order chi connectivity index (χ0) is 14.7. The first kappa shape index (κ1) is 15.0. The molecule has 0 saturated carbocycles. The van der Waals surface area contributed by atoms with E-state index in [2.05, 4.69) is 12.1 Å². The van der Waals surface area contributed by atoms with Crippen molar-refractivity contribution in [1.29, 1.82) is 0 Å². The summed E-state index contributed by atoms with van der Waals surface area (Å²) in [7, 11) is -3.15. The summed E-state index contributed by atoms with van der Waals surface area (Å²) in [5.41, 5.74) is 2.59. The fourth-order valence-corrected chi connectivity index (χ4v) is 5.12. The van der Waals surface area contributed by atoms with Crippen LogP contribution in [0.2, 0.25) is 0 Å². The second-order valence-corrected chi connectivity index (χ2v) is 8.02. The van der Waals surface area contributed by atoms with Crippen LogP contribution in [0.5, 0.6) is 0 Å². The predicted molar refractivity (Wildman–Crippen MR) is 82.8 cm³/mol. The molecule has 0 amide bonds. The molecule has 5 heteroatoms. The maximum Gasteiger partial charge on any atom is 0.214 e. The van der Waals surface area contributed by atoms with Crippen molar-refractivity contribution in [3.05, 3.63) is 35.4 Å². The second kappa shape index (κ2) is 6.46. The Kier molecular flexibility index (Phi) is 4.62. The number of fused-ring (bicyclic) bond motifs is 1. The van der Waals surface area contributed by atoms with Crippen LogP contribution in [0.25, 0.3) is 0 Å². The zero-order valence-corrected chi connectivity index (χ0v) is 13.1. The van der Waals surface area contributed by atoms with Crippen LogP contribution in [-0.2, 0) is 27.6 Å². The van der Waals surface area contributed by atoms with Crippen molar-refractivity contribution in [3.63, 3.8) is 0 Å². The molecular weight excluding hydrogens is 286 g/mol. The van der Waals surface area contributed by atoms with Crippen molar-refractivity contribution in [3.8, 4) is 0 Å². The van der Waals surface area contributed by atoms with Gasteiger partial charge in [0.25, 0.3) is 0 Å². The highest BCUT2D eigenvalue weighted by Crippen LogP contribution is 2.22. The van der Waals surface area contributed by atoms with E-state index in [-0.39, 0.29) is 11.7 Å². The minimum absolute atomic E-state index is 0.259. The van der Waals surface area contributed by atoms with E-state index < -0.39 is 10.0 Å². The van der Waals surface area contributed by atoms with Crippen molar-refractivity contribution in [1.82, 2.24) is 4.31 Å². The minimum atomic E-state index is -3.15. The van der Waals surface area contributed by atoms with Gasteiger partial charge in [0.1, 0.15) is 0 Å². The molecule has 0 aromatic heterocycles. The van der Waals surface area contributed by atoms with E-state index in [0.29, 0.717) is 26.3 Å². The summed E-state index contributed by atoms with van der Waals surface area (Å²) < 4.78 is 32.3. The predicted octanol–water partition coefficient (Wildman–Crippen LogP) is 1.84. The van der Waals surface area contributed by atoms with Crippen molar-refractivity contribution in [2.45, 2.75) is 25.7 Å². The van der Waals surface area contributed by atoms with E-state index in [1.165, 1.54) is 11.1 Å². The molecule has 2 aliphatic rings. The summed E-state index contributed by atoms with van der Waals surface area (Å²) in [6.45, 7) is 2.63. The molecule has 3 rings (SSSR count). The Morgan fingerprint density at radius 2 is 1.62 bits per heavy atom. The first-order valence-corrected chi connectivity index (χ1v) is 9.38. The molecule has 2 heterocycles. The van der Waals surface area contributed by atoms with Crippen LogP contribution in [0.4, 0.5) is 0 Å². The molecule has 116 valence electrons. The number of benzene rings is 1. The van der Waals surface area contributed by atoms with Gasteiger partial charge in [-0.2, -0.15) is 0 Å². The van der Waals surface area contributed by atoms with Gasteiger partial charge in [-0.25, -0.2) is 12.7 Å². The molecule has 1 fully saturated rings. The number of rotatable bonds is 3. The van der Waals surface area contributed by atoms with Crippen molar-refractivity contribution < 1.29 is 13.2 Å². The quantitative estimate of drug-likeness (QED) is 0.856. The van der Waals surface area contributed by atoms with Crippen LogP contribution >= 0.6 is 0 Å². The highest BCUT2D eigenvalue weighted by atomic mass is 32.2. The fourth-order valence-electron chi connectivity index (χ4n) is 3.24. The number of hydrogen-bond acceptors (Lipinski definition) is 3. The summed E-state index contributed by atoms with van der Waals surface area (Å²) in [4.78, 5) is 0. The summed E-state index contributed by atoms with van der Waals surface area (Å²) >= 11 is 0.